The number of pyridine rings is 1. The molecule has 2 amide bonds. The molecule has 9 rings (SSSR count). The van der Waals surface area contributed by atoms with Crippen molar-refractivity contribution < 1.29 is 27.9 Å². The Morgan fingerprint density at radius 1 is 0.981 bits per heavy atom. The van der Waals surface area contributed by atoms with Crippen molar-refractivity contribution in [2.75, 3.05) is 48.0 Å². The fourth-order valence-corrected chi connectivity index (χ4v) is 8.91. The average molecular weight is 745 g/mol. The van der Waals surface area contributed by atoms with Gasteiger partial charge in [0.1, 0.15) is 17.2 Å². The third kappa shape index (κ3) is 6.02. The largest absolute Gasteiger partial charge is 0.381 e. The van der Waals surface area contributed by atoms with Gasteiger partial charge in [-0.2, -0.15) is 0 Å². The number of rotatable bonds is 6. The molecule has 6 aromatic rings. The fourth-order valence-electron chi connectivity index (χ4n) is 7.72. The molecule has 3 aromatic carbocycles. The lowest BCUT2D eigenvalue weighted by Gasteiger charge is -2.53. The van der Waals surface area contributed by atoms with Crippen LogP contribution in [0.3, 0.4) is 0 Å². The molecule has 3 aliphatic heterocycles. The van der Waals surface area contributed by atoms with Gasteiger partial charge in [0.15, 0.2) is 11.6 Å². The van der Waals surface area contributed by atoms with E-state index in [9.17, 15) is 23.2 Å². The highest BCUT2D eigenvalue weighted by molar-refractivity contribution is 7.17. The first-order valence-electron chi connectivity index (χ1n) is 17.8. The normalized spacial score (nSPS) is 16.1. The number of benzene rings is 3. The zero-order valence-corrected chi connectivity index (χ0v) is 30.1. The van der Waals surface area contributed by atoms with Crippen LogP contribution in [0.25, 0.3) is 21.5 Å². The highest BCUT2D eigenvalue weighted by atomic mass is 32.1. The molecule has 0 aliphatic carbocycles. The molecule has 3 aliphatic rings. The van der Waals surface area contributed by atoms with E-state index in [0.29, 0.717) is 50.7 Å². The Bertz CT molecular complexity index is 2480. The van der Waals surface area contributed by atoms with E-state index in [1.54, 1.807) is 59.6 Å². The van der Waals surface area contributed by atoms with Crippen LogP contribution in [-0.4, -0.2) is 65.4 Å². The van der Waals surface area contributed by atoms with Crippen molar-refractivity contribution >= 4 is 57.2 Å². The quantitative estimate of drug-likeness (QED) is 0.169. The van der Waals surface area contributed by atoms with Crippen molar-refractivity contribution in [2.24, 2.45) is 5.41 Å². The Morgan fingerprint density at radius 2 is 1.78 bits per heavy atom. The van der Waals surface area contributed by atoms with Crippen LogP contribution in [0.2, 0.25) is 0 Å². The van der Waals surface area contributed by atoms with E-state index in [-0.39, 0.29) is 40.9 Å². The van der Waals surface area contributed by atoms with Gasteiger partial charge in [-0.15, -0.1) is 11.3 Å². The second-order valence-corrected chi connectivity index (χ2v) is 15.3. The summed E-state index contributed by atoms with van der Waals surface area (Å²) in [4.78, 5) is 57.8. The summed E-state index contributed by atoms with van der Waals surface area (Å²) < 4.78 is 34.6. The third-order valence-corrected chi connectivity index (χ3v) is 11.8. The molecule has 0 saturated carbocycles. The number of nitrogens with one attached hydrogen (secondary N) is 2. The van der Waals surface area contributed by atoms with Gasteiger partial charge in [-0.1, -0.05) is 6.07 Å². The molecule has 0 bridgehead atoms. The first kappa shape index (κ1) is 34.0. The molecule has 54 heavy (non-hydrogen) atoms. The number of H-pyrrole nitrogens is 1. The third-order valence-electron chi connectivity index (χ3n) is 10.6. The summed E-state index contributed by atoms with van der Waals surface area (Å²) in [5.41, 5.74) is 4.81. The molecule has 1 spiro atoms. The number of carbonyl (C=O) groups is 3. The van der Waals surface area contributed by atoms with Gasteiger partial charge in [-0.3, -0.25) is 14.4 Å². The monoisotopic (exact) mass is 744 g/mol. The highest BCUT2D eigenvalue weighted by Gasteiger charge is 2.45. The van der Waals surface area contributed by atoms with Gasteiger partial charge >= 0.3 is 0 Å². The predicted molar refractivity (Wildman–Crippen MR) is 203 cm³/mol. The number of ketones is 1. The molecule has 0 atom stereocenters. The number of fused-ring (bicyclic) bond motifs is 4. The van der Waals surface area contributed by atoms with Crippen molar-refractivity contribution in [3.05, 3.63) is 124 Å². The minimum absolute atomic E-state index is 0.0258. The first-order chi connectivity index (χ1) is 26.1. The number of nitrogens with zero attached hydrogens (tertiary/aromatic N) is 4. The Kier molecular flexibility index (Phi) is 8.35. The molecule has 2 N–H and O–H groups in total. The molecular formula is C41H34F2N6O4S. The molecule has 272 valence electrons. The number of carbonyl (C=O) groups excluding carboxylic acids is 3. The van der Waals surface area contributed by atoms with Gasteiger partial charge in [0.2, 0.25) is 5.78 Å². The summed E-state index contributed by atoms with van der Waals surface area (Å²) >= 11 is 1.23. The van der Waals surface area contributed by atoms with E-state index in [1.807, 2.05) is 13.0 Å². The van der Waals surface area contributed by atoms with Crippen LogP contribution < -0.4 is 15.1 Å². The Hall–Kier alpha value is -5.79. The second-order valence-electron chi connectivity index (χ2n) is 14.3. The number of halogens is 2. The molecular weight excluding hydrogens is 711 g/mol. The molecule has 2 fully saturated rings. The van der Waals surface area contributed by atoms with Gasteiger partial charge in [-0.05, 0) is 104 Å². The molecule has 2 saturated heterocycles. The zero-order chi connectivity index (χ0) is 37.1. The van der Waals surface area contributed by atoms with Crippen LogP contribution >= 0.6 is 11.3 Å². The Morgan fingerprint density at radius 3 is 2.56 bits per heavy atom. The minimum Gasteiger partial charge on any atom is -0.381 e. The number of hydrogen-bond acceptors (Lipinski definition) is 8. The van der Waals surface area contributed by atoms with Gasteiger partial charge in [0.05, 0.1) is 21.6 Å². The van der Waals surface area contributed by atoms with Crippen molar-refractivity contribution in [3.63, 3.8) is 0 Å². The van der Waals surface area contributed by atoms with Crippen molar-refractivity contribution in [1.82, 2.24) is 15.0 Å². The van der Waals surface area contributed by atoms with Crippen LogP contribution in [-0.2, 0) is 11.2 Å². The maximum atomic E-state index is 14.8. The number of anilines is 3. The van der Waals surface area contributed by atoms with Gasteiger partial charge in [0, 0.05) is 66.2 Å². The molecule has 10 nitrogen and oxygen atoms in total. The molecule has 6 heterocycles. The standard InChI is InChI=1S/C41H34F2N6O4S/c1-23-17-29(38(44-20-23)48-21-41(22-48)12-15-53-16-13-41)39(51)45-27-8-5-24(6-9-27)40(52)49-14-11-25-18-33(54-36(25)28-10-7-26(42)19-32(28)49)35(50)37-46-31-4-2-3-30(43)34(31)47-37/h2-10,17-20H,11-16,21-22H2,1H3,(H,45,51)(H,46,47). The summed E-state index contributed by atoms with van der Waals surface area (Å²) in [5.74, 6) is -1.35. The lowest BCUT2D eigenvalue weighted by atomic mass is 9.73. The maximum absolute atomic E-state index is 14.8. The summed E-state index contributed by atoms with van der Waals surface area (Å²) in [5, 5.41) is 2.97. The molecule has 3 aromatic heterocycles. The number of aromatic nitrogens is 3. The average Bonchev–Trinajstić information content (AvgIpc) is 3.77. The van der Waals surface area contributed by atoms with Gasteiger partial charge < -0.3 is 24.8 Å². The summed E-state index contributed by atoms with van der Waals surface area (Å²) in [7, 11) is 0. The zero-order valence-electron chi connectivity index (χ0n) is 29.2. The van der Waals surface area contributed by atoms with E-state index >= 15 is 0 Å². The first-order valence-corrected chi connectivity index (χ1v) is 18.6. The van der Waals surface area contributed by atoms with Crippen LogP contribution in [0.1, 0.15) is 60.2 Å². The number of aromatic amines is 1. The number of para-hydroxylation sites is 1. The Labute approximate surface area is 312 Å². The van der Waals surface area contributed by atoms with E-state index in [1.165, 1.54) is 29.5 Å². The molecule has 13 heteroatoms. The highest BCUT2D eigenvalue weighted by Crippen LogP contribution is 2.44. The molecule has 0 radical (unpaired) electrons. The number of amides is 2. The van der Waals surface area contributed by atoms with E-state index < -0.39 is 11.6 Å². The van der Waals surface area contributed by atoms with Gasteiger partial charge in [0.25, 0.3) is 11.8 Å². The number of hydrogen-bond donors (Lipinski definition) is 2. The van der Waals surface area contributed by atoms with Crippen LogP contribution in [0.4, 0.5) is 26.0 Å². The SMILES string of the molecule is Cc1cnc(N2CC3(CCOCC3)C2)c(C(=O)Nc2ccc(C(=O)N3CCc4cc(C(=O)c5nc6c(F)cccc6[nH]5)sc4-c4ccc(F)cc43)cc2)c1. The van der Waals surface area contributed by atoms with Crippen molar-refractivity contribution in [1.29, 1.82) is 0 Å². The van der Waals surface area contributed by atoms with Crippen LogP contribution in [0.15, 0.2) is 79.0 Å². The van der Waals surface area contributed by atoms with Crippen molar-refractivity contribution in [2.45, 2.75) is 26.2 Å². The van der Waals surface area contributed by atoms with Crippen molar-refractivity contribution in [3.8, 4) is 10.4 Å². The number of imidazole rings is 1. The van der Waals surface area contributed by atoms with E-state index in [4.69, 9.17) is 4.74 Å². The summed E-state index contributed by atoms with van der Waals surface area (Å²) in [6.45, 7) is 5.33. The lowest BCUT2D eigenvalue weighted by Crippen LogP contribution is -2.59. The lowest BCUT2D eigenvalue weighted by molar-refractivity contribution is -0.000511. The van der Waals surface area contributed by atoms with E-state index in [2.05, 4.69) is 25.2 Å². The molecule has 0 unspecified atom stereocenters. The predicted octanol–water partition coefficient (Wildman–Crippen LogP) is 7.58. The topological polar surface area (TPSA) is 121 Å². The van der Waals surface area contributed by atoms with Crippen LogP contribution in [0, 0.1) is 24.0 Å². The van der Waals surface area contributed by atoms with Crippen LogP contribution in [0.5, 0.6) is 0 Å². The summed E-state index contributed by atoms with van der Waals surface area (Å²) in [6.07, 6.45) is 4.19. The van der Waals surface area contributed by atoms with E-state index in [0.717, 1.165) is 55.1 Å². The number of thiophene rings is 1. The smallest absolute Gasteiger partial charge is 0.259 e. The maximum Gasteiger partial charge on any atom is 0.259 e. The Balaban J connectivity index is 0.933. The fraction of sp³-hybridized carbons (Fsp3) is 0.244. The second kappa shape index (κ2) is 13.3. The number of aryl methyl sites for hydroxylation is 1. The number of ether oxygens (including phenoxy) is 1. The minimum atomic E-state index is -0.523. The summed E-state index contributed by atoms with van der Waals surface area (Å²) in [6, 6.07) is 19.0. The van der Waals surface area contributed by atoms with Gasteiger partial charge in [-0.25, -0.2) is 18.7 Å².